The SMILES string of the molecule is CC(NC(=O)[C@H]1CCN[C@@H](C)C1)c1cccc(OCc2ccccn2)c1.Cl. The number of benzene rings is 1. The molecule has 3 atom stereocenters. The molecule has 0 spiro atoms. The minimum atomic E-state index is -0.0499. The Hall–Kier alpha value is -2.11. The van der Waals surface area contributed by atoms with Crippen LogP contribution in [0.25, 0.3) is 0 Å². The number of hydrogen-bond acceptors (Lipinski definition) is 4. The molecule has 0 bridgehead atoms. The minimum absolute atomic E-state index is 0. The molecule has 1 aliphatic heterocycles. The van der Waals surface area contributed by atoms with E-state index in [1.807, 2.05) is 49.4 Å². The summed E-state index contributed by atoms with van der Waals surface area (Å²) in [5.74, 6) is 1.02. The molecule has 6 heteroatoms. The number of piperidine rings is 1. The van der Waals surface area contributed by atoms with E-state index in [2.05, 4.69) is 22.5 Å². The smallest absolute Gasteiger partial charge is 0.223 e. The molecule has 3 rings (SSSR count). The highest BCUT2D eigenvalue weighted by atomic mass is 35.5. The summed E-state index contributed by atoms with van der Waals surface area (Å²) in [6.45, 7) is 5.48. The van der Waals surface area contributed by atoms with Crippen molar-refractivity contribution in [2.75, 3.05) is 6.54 Å². The summed E-state index contributed by atoms with van der Waals surface area (Å²) in [5.41, 5.74) is 1.93. The molecule has 1 aromatic heterocycles. The Bertz CT molecular complexity index is 726. The first kappa shape index (κ1) is 21.2. The summed E-state index contributed by atoms with van der Waals surface area (Å²) < 4.78 is 5.83. The Morgan fingerprint density at radius 1 is 1.33 bits per heavy atom. The van der Waals surface area contributed by atoms with Gasteiger partial charge in [-0.2, -0.15) is 0 Å². The van der Waals surface area contributed by atoms with Crippen LogP contribution in [0.15, 0.2) is 48.7 Å². The molecule has 0 aliphatic carbocycles. The van der Waals surface area contributed by atoms with Crippen LogP contribution in [0.1, 0.15) is 44.0 Å². The first-order valence-corrected chi connectivity index (χ1v) is 9.28. The number of amides is 1. The molecule has 0 radical (unpaired) electrons. The normalized spacial score (nSPS) is 20.2. The molecule has 2 aromatic rings. The average Bonchev–Trinajstić information content (AvgIpc) is 2.67. The van der Waals surface area contributed by atoms with Gasteiger partial charge in [0.05, 0.1) is 11.7 Å². The van der Waals surface area contributed by atoms with E-state index in [9.17, 15) is 4.79 Å². The van der Waals surface area contributed by atoms with E-state index in [-0.39, 0.29) is 30.3 Å². The van der Waals surface area contributed by atoms with Crippen LogP contribution in [0.5, 0.6) is 5.75 Å². The van der Waals surface area contributed by atoms with Crippen LogP contribution in [0.3, 0.4) is 0 Å². The van der Waals surface area contributed by atoms with Crippen molar-refractivity contribution >= 4 is 18.3 Å². The van der Waals surface area contributed by atoms with Crippen LogP contribution in [-0.4, -0.2) is 23.5 Å². The zero-order valence-electron chi connectivity index (χ0n) is 15.9. The molecular weight excluding hydrogens is 362 g/mol. The van der Waals surface area contributed by atoms with E-state index in [1.54, 1.807) is 6.20 Å². The van der Waals surface area contributed by atoms with E-state index < -0.39 is 0 Å². The van der Waals surface area contributed by atoms with Gasteiger partial charge in [0.25, 0.3) is 0 Å². The Morgan fingerprint density at radius 2 is 2.19 bits per heavy atom. The number of aromatic nitrogens is 1. The van der Waals surface area contributed by atoms with Gasteiger partial charge in [-0.3, -0.25) is 9.78 Å². The van der Waals surface area contributed by atoms with Crippen molar-refractivity contribution in [1.82, 2.24) is 15.6 Å². The molecule has 1 amide bonds. The standard InChI is InChI=1S/C21H27N3O2.ClH/c1-15-12-18(9-11-22-15)21(25)24-16(2)17-6-5-8-20(13-17)26-14-19-7-3-4-10-23-19;/h3-8,10,13,15-16,18,22H,9,11-12,14H2,1-2H3,(H,24,25);1H/t15-,16?,18-;/m0./s1. The Kier molecular flexibility index (Phi) is 8.07. The summed E-state index contributed by atoms with van der Waals surface area (Å²) in [6.07, 6.45) is 3.55. The maximum absolute atomic E-state index is 12.5. The zero-order valence-corrected chi connectivity index (χ0v) is 16.7. The summed E-state index contributed by atoms with van der Waals surface area (Å²) in [5, 5.41) is 6.54. The number of rotatable bonds is 6. The van der Waals surface area contributed by atoms with E-state index in [0.29, 0.717) is 12.6 Å². The zero-order chi connectivity index (χ0) is 18.4. The van der Waals surface area contributed by atoms with Gasteiger partial charge in [0.15, 0.2) is 0 Å². The van der Waals surface area contributed by atoms with Crippen LogP contribution in [0, 0.1) is 5.92 Å². The molecule has 0 saturated carbocycles. The van der Waals surface area contributed by atoms with Crippen molar-refractivity contribution in [3.63, 3.8) is 0 Å². The number of nitrogens with one attached hydrogen (secondary N) is 2. The highest BCUT2D eigenvalue weighted by molar-refractivity contribution is 5.85. The van der Waals surface area contributed by atoms with Crippen LogP contribution in [0.4, 0.5) is 0 Å². The van der Waals surface area contributed by atoms with E-state index in [4.69, 9.17) is 4.74 Å². The molecule has 1 saturated heterocycles. The molecule has 27 heavy (non-hydrogen) atoms. The fourth-order valence-corrected chi connectivity index (χ4v) is 3.30. The lowest BCUT2D eigenvalue weighted by molar-refractivity contribution is -0.126. The maximum Gasteiger partial charge on any atom is 0.223 e. The number of hydrogen-bond donors (Lipinski definition) is 2. The number of carbonyl (C=O) groups is 1. The van der Waals surface area contributed by atoms with Gasteiger partial charge in [-0.25, -0.2) is 0 Å². The number of ether oxygens (including phenoxy) is 1. The van der Waals surface area contributed by atoms with Crippen LogP contribution >= 0.6 is 12.4 Å². The van der Waals surface area contributed by atoms with Crippen molar-refractivity contribution in [2.45, 2.75) is 45.4 Å². The van der Waals surface area contributed by atoms with Gasteiger partial charge in [-0.1, -0.05) is 18.2 Å². The van der Waals surface area contributed by atoms with Gasteiger partial charge in [0, 0.05) is 18.2 Å². The summed E-state index contributed by atoms with van der Waals surface area (Å²) >= 11 is 0. The Labute approximate surface area is 167 Å². The summed E-state index contributed by atoms with van der Waals surface area (Å²) in [6, 6.07) is 14.0. The van der Waals surface area contributed by atoms with Gasteiger partial charge in [0.1, 0.15) is 12.4 Å². The predicted molar refractivity (Wildman–Crippen MR) is 109 cm³/mol. The second-order valence-corrected chi connectivity index (χ2v) is 6.99. The molecule has 5 nitrogen and oxygen atoms in total. The van der Waals surface area contributed by atoms with Crippen molar-refractivity contribution < 1.29 is 9.53 Å². The van der Waals surface area contributed by atoms with Crippen LogP contribution in [0.2, 0.25) is 0 Å². The highest BCUT2D eigenvalue weighted by Crippen LogP contribution is 2.22. The van der Waals surface area contributed by atoms with Crippen molar-refractivity contribution in [3.8, 4) is 5.75 Å². The largest absolute Gasteiger partial charge is 0.487 e. The summed E-state index contributed by atoms with van der Waals surface area (Å²) in [7, 11) is 0. The first-order chi connectivity index (χ1) is 12.6. The van der Waals surface area contributed by atoms with Crippen LogP contribution < -0.4 is 15.4 Å². The average molecular weight is 390 g/mol. The first-order valence-electron chi connectivity index (χ1n) is 9.28. The Morgan fingerprint density at radius 3 is 2.93 bits per heavy atom. The van der Waals surface area contributed by atoms with Crippen molar-refractivity contribution in [3.05, 3.63) is 59.9 Å². The monoisotopic (exact) mass is 389 g/mol. The molecule has 1 fully saturated rings. The van der Waals surface area contributed by atoms with Crippen molar-refractivity contribution in [2.24, 2.45) is 5.92 Å². The third-order valence-corrected chi connectivity index (χ3v) is 4.82. The maximum atomic E-state index is 12.5. The molecule has 146 valence electrons. The molecule has 1 aromatic carbocycles. The number of carbonyl (C=O) groups excluding carboxylic acids is 1. The fraction of sp³-hybridized carbons (Fsp3) is 0.429. The van der Waals surface area contributed by atoms with E-state index >= 15 is 0 Å². The van der Waals surface area contributed by atoms with E-state index in [1.165, 1.54) is 0 Å². The van der Waals surface area contributed by atoms with Gasteiger partial charge in [0.2, 0.25) is 5.91 Å². The third-order valence-electron chi connectivity index (χ3n) is 4.82. The van der Waals surface area contributed by atoms with Crippen molar-refractivity contribution in [1.29, 1.82) is 0 Å². The topological polar surface area (TPSA) is 63.2 Å². The number of halogens is 1. The lowest BCUT2D eigenvalue weighted by Crippen LogP contribution is -2.42. The second kappa shape index (κ2) is 10.3. The quantitative estimate of drug-likeness (QED) is 0.791. The van der Waals surface area contributed by atoms with Crippen LogP contribution in [-0.2, 0) is 11.4 Å². The molecule has 2 heterocycles. The van der Waals surface area contributed by atoms with Gasteiger partial charge in [-0.15, -0.1) is 12.4 Å². The Balaban J connectivity index is 0.00000261. The van der Waals surface area contributed by atoms with Gasteiger partial charge in [-0.05, 0) is 63.1 Å². The summed E-state index contributed by atoms with van der Waals surface area (Å²) in [4.78, 5) is 16.8. The van der Waals surface area contributed by atoms with E-state index in [0.717, 1.165) is 36.4 Å². The number of pyridine rings is 1. The second-order valence-electron chi connectivity index (χ2n) is 6.99. The molecule has 1 unspecified atom stereocenters. The predicted octanol–water partition coefficient (Wildman–Crippen LogP) is 3.65. The molecular formula is C21H28ClN3O2. The third kappa shape index (κ3) is 6.22. The van der Waals surface area contributed by atoms with Gasteiger partial charge >= 0.3 is 0 Å². The molecule has 2 N–H and O–H groups in total. The van der Waals surface area contributed by atoms with Gasteiger partial charge < -0.3 is 15.4 Å². The fourth-order valence-electron chi connectivity index (χ4n) is 3.30. The molecule has 1 aliphatic rings. The lowest BCUT2D eigenvalue weighted by Gasteiger charge is -2.28. The minimum Gasteiger partial charge on any atom is -0.487 e. The lowest BCUT2D eigenvalue weighted by atomic mass is 9.92. The highest BCUT2D eigenvalue weighted by Gasteiger charge is 2.25. The number of nitrogens with zero attached hydrogens (tertiary/aromatic N) is 1.